The monoisotopic (exact) mass is 256 g/mol. The molecule has 0 aliphatic carbocycles. The molecule has 19 heavy (non-hydrogen) atoms. The molecule has 0 saturated carbocycles. The van der Waals surface area contributed by atoms with Crippen LogP contribution in [0.3, 0.4) is 0 Å². The van der Waals surface area contributed by atoms with E-state index >= 15 is 0 Å². The van der Waals surface area contributed by atoms with Crippen molar-refractivity contribution in [1.82, 2.24) is 9.97 Å². The molecule has 0 atom stereocenters. The summed E-state index contributed by atoms with van der Waals surface area (Å²) in [6, 6.07) is 3.40. The number of nitrogen functional groups attached to an aromatic ring is 1. The van der Waals surface area contributed by atoms with Crippen molar-refractivity contribution in [2.24, 2.45) is 5.73 Å². The van der Waals surface area contributed by atoms with E-state index in [1.165, 1.54) is 6.07 Å². The Kier molecular flexibility index (Phi) is 3.21. The number of hydrogen-bond donors (Lipinski definition) is 2. The summed E-state index contributed by atoms with van der Waals surface area (Å²) in [5, 5.41) is 0. The number of nitrogens with zero attached hydrogens (tertiary/aromatic N) is 2. The number of carbonyl (C=O) groups excluding carboxylic acids is 1. The van der Waals surface area contributed by atoms with Gasteiger partial charge in [-0.15, -0.1) is 0 Å². The van der Waals surface area contributed by atoms with E-state index < -0.39 is 5.91 Å². The number of carbonyl (C=O) groups is 1. The number of amides is 1. The molecule has 5 heteroatoms. The molecule has 0 fully saturated rings. The molecule has 4 N–H and O–H groups in total. The molecule has 1 amide bonds. The highest BCUT2D eigenvalue weighted by atomic mass is 16.1. The molecule has 0 bridgehead atoms. The first-order valence-corrected chi connectivity index (χ1v) is 5.91. The Labute approximate surface area is 111 Å². The van der Waals surface area contributed by atoms with Gasteiger partial charge in [0.25, 0.3) is 0 Å². The van der Waals surface area contributed by atoms with Gasteiger partial charge >= 0.3 is 0 Å². The van der Waals surface area contributed by atoms with Crippen LogP contribution in [0.1, 0.15) is 27.2 Å². The third-order valence-corrected chi connectivity index (χ3v) is 3.14. The standard InChI is InChI=1S/C14H16N4O/c1-7-4-5-17-9(3)12(7)13-8(2)10(14(16)19)6-11(15)18-13/h4-6H,1-3H3,(H2,15,18)(H2,16,19). The van der Waals surface area contributed by atoms with Crippen molar-refractivity contribution in [2.45, 2.75) is 20.8 Å². The lowest BCUT2D eigenvalue weighted by atomic mass is 9.97. The third-order valence-electron chi connectivity index (χ3n) is 3.14. The van der Waals surface area contributed by atoms with Gasteiger partial charge in [-0.3, -0.25) is 9.78 Å². The molecule has 98 valence electrons. The van der Waals surface area contributed by atoms with Crippen LogP contribution in [0.2, 0.25) is 0 Å². The second-order valence-electron chi connectivity index (χ2n) is 4.52. The van der Waals surface area contributed by atoms with Crippen LogP contribution in [0.5, 0.6) is 0 Å². The molecule has 0 aliphatic heterocycles. The van der Waals surface area contributed by atoms with Crippen molar-refractivity contribution in [1.29, 1.82) is 0 Å². The minimum atomic E-state index is -0.507. The summed E-state index contributed by atoms with van der Waals surface area (Å²) >= 11 is 0. The Bertz CT molecular complexity index is 644. The van der Waals surface area contributed by atoms with Crippen LogP contribution in [0, 0.1) is 20.8 Å². The number of anilines is 1. The number of hydrogen-bond acceptors (Lipinski definition) is 4. The molecule has 0 aromatic carbocycles. The van der Waals surface area contributed by atoms with Gasteiger partial charge in [-0.05, 0) is 44.0 Å². The van der Waals surface area contributed by atoms with Crippen LogP contribution in [-0.2, 0) is 0 Å². The second kappa shape index (κ2) is 4.68. The van der Waals surface area contributed by atoms with Gasteiger partial charge in [0.15, 0.2) is 0 Å². The number of rotatable bonds is 2. The normalized spacial score (nSPS) is 10.5. The van der Waals surface area contributed by atoms with Crippen molar-refractivity contribution >= 4 is 11.7 Å². The van der Waals surface area contributed by atoms with Gasteiger partial charge < -0.3 is 11.5 Å². The molecule has 0 unspecified atom stereocenters. The fourth-order valence-electron chi connectivity index (χ4n) is 2.18. The predicted octanol–water partition coefficient (Wildman–Crippen LogP) is 1.75. The summed E-state index contributed by atoms with van der Waals surface area (Å²) in [5.74, 6) is -0.232. The molecule has 2 rings (SSSR count). The van der Waals surface area contributed by atoms with E-state index in [9.17, 15) is 4.79 Å². The molecule has 5 nitrogen and oxygen atoms in total. The average Bonchev–Trinajstić information content (AvgIpc) is 2.32. The molecular weight excluding hydrogens is 240 g/mol. The topological polar surface area (TPSA) is 94.9 Å². The van der Waals surface area contributed by atoms with Gasteiger partial charge in [0.05, 0.1) is 5.69 Å². The van der Waals surface area contributed by atoms with Crippen molar-refractivity contribution in [3.05, 3.63) is 40.7 Å². The van der Waals surface area contributed by atoms with Crippen LogP contribution in [0.15, 0.2) is 18.3 Å². The Morgan fingerprint density at radius 2 is 1.95 bits per heavy atom. The Hall–Kier alpha value is -2.43. The fourth-order valence-corrected chi connectivity index (χ4v) is 2.18. The predicted molar refractivity (Wildman–Crippen MR) is 74.6 cm³/mol. The number of primary amides is 1. The smallest absolute Gasteiger partial charge is 0.249 e. The summed E-state index contributed by atoms with van der Waals surface area (Å²) in [6.45, 7) is 5.68. The van der Waals surface area contributed by atoms with Gasteiger partial charge in [-0.25, -0.2) is 4.98 Å². The van der Waals surface area contributed by atoms with Gasteiger partial charge in [0, 0.05) is 23.0 Å². The molecular formula is C14H16N4O. The SMILES string of the molecule is Cc1ccnc(C)c1-c1nc(N)cc(C(N)=O)c1C. The highest BCUT2D eigenvalue weighted by Crippen LogP contribution is 2.29. The third kappa shape index (κ3) is 2.27. The Morgan fingerprint density at radius 3 is 2.53 bits per heavy atom. The average molecular weight is 256 g/mol. The zero-order valence-corrected chi connectivity index (χ0v) is 11.2. The lowest BCUT2D eigenvalue weighted by Gasteiger charge is -2.13. The first-order valence-electron chi connectivity index (χ1n) is 5.91. The molecule has 0 radical (unpaired) electrons. The number of aromatic nitrogens is 2. The molecule has 2 aromatic rings. The largest absolute Gasteiger partial charge is 0.384 e. The second-order valence-corrected chi connectivity index (χ2v) is 4.52. The van der Waals surface area contributed by atoms with E-state index in [4.69, 9.17) is 11.5 Å². The highest BCUT2D eigenvalue weighted by Gasteiger charge is 2.16. The van der Waals surface area contributed by atoms with Crippen LogP contribution in [0.4, 0.5) is 5.82 Å². The first kappa shape index (κ1) is 13.0. The molecule has 2 heterocycles. The summed E-state index contributed by atoms with van der Waals surface area (Å²) in [7, 11) is 0. The van der Waals surface area contributed by atoms with E-state index in [0.29, 0.717) is 11.3 Å². The van der Waals surface area contributed by atoms with Crippen LogP contribution in [-0.4, -0.2) is 15.9 Å². The Balaban J connectivity index is 2.80. The summed E-state index contributed by atoms with van der Waals surface area (Å²) in [4.78, 5) is 20.1. The summed E-state index contributed by atoms with van der Waals surface area (Å²) < 4.78 is 0. The summed E-state index contributed by atoms with van der Waals surface area (Å²) in [5.41, 5.74) is 15.7. The molecule has 2 aromatic heterocycles. The first-order chi connectivity index (χ1) is 8.91. The minimum absolute atomic E-state index is 0.275. The van der Waals surface area contributed by atoms with Crippen molar-refractivity contribution < 1.29 is 4.79 Å². The fraction of sp³-hybridized carbons (Fsp3) is 0.214. The maximum Gasteiger partial charge on any atom is 0.249 e. The zero-order valence-electron chi connectivity index (χ0n) is 11.2. The lowest BCUT2D eigenvalue weighted by Crippen LogP contribution is -2.15. The van der Waals surface area contributed by atoms with Crippen LogP contribution < -0.4 is 11.5 Å². The minimum Gasteiger partial charge on any atom is -0.384 e. The van der Waals surface area contributed by atoms with Crippen molar-refractivity contribution in [2.75, 3.05) is 5.73 Å². The van der Waals surface area contributed by atoms with E-state index in [1.807, 2.05) is 26.8 Å². The van der Waals surface area contributed by atoms with Gasteiger partial charge in [0.2, 0.25) is 5.91 Å². The van der Waals surface area contributed by atoms with Crippen molar-refractivity contribution in [3.63, 3.8) is 0 Å². The zero-order chi connectivity index (χ0) is 14.2. The number of nitrogens with two attached hydrogens (primary N) is 2. The van der Waals surface area contributed by atoms with E-state index in [2.05, 4.69) is 9.97 Å². The molecule has 0 spiro atoms. The maximum atomic E-state index is 11.5. The van der Waals surface area contributed by atoms with E-state index in [-0.39, 0.29) is 5.82 Å². The lowest BCUT2D eigenvalue weighted by molar-refractivity contribution is 0.0999. The van der Waals surface area contributed by atoms with E-state index in [0.717, 1.165) is 22.4 Å². The molecule has 0 aliphatic rings. The number of pyridine rings is 2. The molecule has 0 saturated heterocycles. The van der Waals surface area contributed by atoms with Crippen LogP contribution in [0.25, 0.3) is 11.3 Å². The quantitative estimate of drug-likeness (QED) is 0.855. The van der Waals surface area contributed by atoms with Gasteiger partial charge in [0.1, 0.15) is 5.82 Å². The van der Waals surface area contributed by atoms with E-state index in [1.54, 1.807) is 6.20 Å². The van der Waals surface area contributed by atoms with Crippen LogP contribution >= 0.6 is 0 Å². The highest BCUT2D eigenvalue weighted by molar-refractivity contribution is 5.96. The number of aryl methyl sites for hydroxylation is 2. The van der Waals surface area contributed by atoms with Crippen molar-refractivity contribution in [3.8, 4) is 11.3 Å². The Morgan fingerprint density at radius 1 is 1.26 bits per heavy atom. The van der Waals surface area contributed by atoms with Gasteiger partial charge in [-0.1, -0.05) is 0 Å². The summed E-state index contributed by atoms with van der Waals surface area (Å²) in [6.07, 6.45) is 1.74. The van der Waals surface area contributed by atoms with Gasteiger partial charge in [-0.2, -0.15) is 0 Å². The maximum absolute atomic E-state index is 11.5.